The summed E-state index contributed by atoms with van der Waals surface area (Å²) in [5.41, 5.74) is 3.53. The molecule has 1 aliphatic heterocycles. The van der Waals surface area contributed by atoms with Gasteiger partial charge in [0.2, 0.25) is 0 Å². The Labute approximate surface area is 142 Å². The molecule has 1 unspecified atom stereocenters. The fourth-order valence-corrected chi connectivity index (χ4v) is 3.81. The highest BCUT2D eigenvalue weighted by Gasteiger charge is 2.11. The summed E-state index contributed by atoms with van der Waals surface area (Å²) in [6, 6.07) is 9.03. The lowest BCUT2D eigenvalue weighted by Gasteiger charge is -2.28. The van der Waals surface area contributed by atoms with E-state index in [4.69, 9.17) is 0 Å². The molecule has 2 aromatic rings. The van der Waals surface area contributed by atoms with Crippen LogP contribution in [-0.4, -0.2) is 24.6 Å². The number of nitrogens with one attached hydrogen (secondary N) is 2. The van der Waals surface area contributed by atoms with Gasteiger partial charge in [-0.25, -0.2) is 4.98 Å². The Bertz CT molecular complexity index is 602. The summed E-state index contributed by atoms with van der Waals surface area (Å²) >= 11 is 1.66. The number of hydrogen-bond acceptors (Lipinski definition) is 5. The maximum Gasteiger partial charge on any atom is 0.187 e. The number of hydrogen-bond donors (Lipinski definition) is 2. The fourth-order valence-electron chi connectivity index (χ4n) is 2.98. The van der Waals surface area contributed by atoms with Crippen molar-refractivity contribution in [1.82, 2.24) is 10.3 Å². The van der Waals surface area contributed by atoms with Gasteiger partial charge in [-0.3, -0.25) is 0 Å². The van der Waals surface area contributed by atoms with E-state index >= 15 is 0 Å². The van der Waals surface area contributed by atoms with Crippen LogP contribution in [0, 0.1) is 0 Å². The zero-order chi connectivity index (χ0) is 16.1. The topological polar surface area (TPSA) is 40.2 Å². The van der Waals surface area contributed by atoms with Crippen LogP contribution < -0.4 is 15.5 Å². The first kappa shape index (κ1) is 16.3. The molecule has 1 fully saturated rings. The molecule has 4 nitrogen and oxygen atoms in total. The maximum absolute atomic E-state index is 4.67. The van der Waals surface area contributed by atoms with Crippen molar-refractivity contribution in [3.05, 3.63) is 35.3 Å². The third-order valence-electron chi connectivity index (χ3n) is 4.32. The van der Waals surface area contributed by atoms with Crippen molar-refractivity contribution in [2.45, 2.75) is 39.2 Å². The van der Waals surface area contributed by atoms with Gasteiger partial charge in [-0.05, 0) is 57.0 Å². The number of anilines is 3. The summed E-state index contributed by atoms with van der Waals surface area (Å²) in [7, 11) is 0. The van der Waals surface area contributed by atoms with E-state index in [1.165, 1.54) is 38.0 Å². The predicted octanol–water partition coefficient (Wildman–Crippen LogP) is 4.55. The molecule has 3 rings (SSSR count). The second-order valence-electron chi connectivity index (χ2n) is 6.08. The normalized spacial score (nSPS) is 16.3. The average Bonchev–Trinajstić information content (AvgIpc) is 3.05. The number of thiazole rings is 1. The van der Waals surface area contributed by atoms with Crippen LogP contribution in [0.25, 0.3) is 0 Å². The summed E-state index contributed by atoms with van der Waals surface area (Å²) in [6.07, 6.45) is 3.99. The molecule has 0 bridgehead atoms. The Morgan fingerprint density at radius 2 is 1.91 bits per heavy atom. The van der Waals surface area contributed by atoms with E-state index in [1.54, 1.807) is 11.3 Å². The molecule has 0 spiro atoms. The van der Waals surface area contributed by atoms with Crippen molar-refractivity contribution in [2.24, 2.45) is 0 Å². The first-order chi connectivity index (χ1) is 11.3. The molecule has 2 heterocycles. The van der Waals surface area contributed by atoms with Gasteiger partial charge in [0, 0.05) is 35.9 Å². The Morgan fingerprint density at radius 1 is 1.17 bits per heavy atom. The molecular weight excluding hydrogens is 304 g/mol. The highest BCUT2D eigenvalue weighted by Crippen LogP contribution is 2.26. The molecule has 0 amide bonds. The van der Waals surface area contributed by atoms with Gasteiger partial charge in [-0.15, -0.1) is 11.3 Å². The maximum atomic E-state index is 4.67. The highest BCUT2D eigenvalue weighted by molar-refractivity contribution is 7.13. The molecular formula is C18H26N4S. The van der Waals surface area contributed by atoms with E-state index in [0.29, 0.717) is 6.04 Å². The molecule has 1 aromatic heterocycles. The Balaban J connectivity index is 1.61. The van der Waals surface area contributed by atoms with Crippen molar-refractivity contribution in [2.75, 3.05) is 29.9 Å². The quantitative estimate of drug-likeness (QED) is 0.815. The van der Waals surface area contributed by atoms with Gasteiger partial charge >= 0.3 is 0 Å². The molecule has 2 N–H and O–H groups in total. The van der Waals surface area contributed by atoms with Crippen LogP contribution in [0.3, 0.4) is 0 Å². The zero-order valence-corrected chi connectivity index (χ0v) is 14.8. The van der Waals surface area contributed by atoms with E-state index < -0.39 is 0 Å². The molecule has 0 saturated carbocycles. The van der Waals surface area contributed by atoms with E-state index in [9.17, 15) is 0 Å². The second kappa shape index (κ2) is 7.79. The first-order valence-electron chi connectivity index (χ1n) is 8.57. The lowest BCUT2D eigenvalue weighted by atomic mass is 10.1. The zero-order valence-electron chi connectivity index (χ0n) is 14.0. The van der Waals surface area contributed by atoms with Gasteiger partial charge in [0.05, 0.1) is 5.69 Å². The average molecular weight is 331 g/mol. The summed E-state index contributed by atoms with van der Waals surface area (Å²) in [4.78, 5) is 7.15. The third-order valence-corrected chi connectivity index (χ3v) is 5.09. The summed E-state index contributed by atoms with van der Waals surface area (Å²) in [6.45, 7) is 7.59. The van der Waals surface area contributed by atoms with Crippen molar-refractivity contribution >= 4 is 27.8 Å². The van der Waals surface area contributed by atoms with E-state index in [1.807, 2.05) is 0 Å². The van der Waals surface area contributed by atoms with E-state index in [2.05, 4.69) is 64.0 Å². The first-order valence-corrected chi connectivity index (χ1v) is 9.45. The third kappa shape index (κ3) is 4.24. The molecule has 1 saturated heterocycles. The number of piperidine rings is 1. The Hall–Kier alpha value is -1.59. The Kier molecular flexibility index (Phi) is 5.51. The molecule has 5 heteroatoms. The van der Waals surface area contributed by atoms with Crippen LogP contribution in [0.1, 0.15) is 44.8 Å². The number of aromatic nitrogens is 1. The highest BCUT2D eigenvalue weighted by atomic mass is 32.1. The van der Waals surface area contributed by atoms with Crippen LogP contribution in [0.5, 0.6) is 0 Å². The minimum Gasteiger partial charge on any atom is -0.372 e. The monoisotopic (exact) mass is 330 g/mol. The van der Waals surface area contributed by atoms with Crippen LogP contribution in [0.2, 0.25) is 0 Å². The summed E-state index contributed by atoms with van der Waals surface area (Å²) in [5.74, 6) is 0. The summed E-state index contributed by atoms with van der Waals surface area (Å²) < 4.78 is 0. The van der Waals surface area contributed by atoms with Crippen LogP contribution in [0.15, 0.2) is 29.6 Å². The van der Waals surface area contributed by atoms with E-state index in [0.717, 1.165) is 23.1 Å². The molecule has 1 aromatic carbocycles. The smallest absolute Gasteiger partial charge is 0.187 e. The molecule has 0 radical (unpaired) electrons. The largest absolute Gasteiger partial charge is 0.372 e. The van der Waals surface area contributed by atoms with Gasteiger partial charge in [0.15, 0.2) is 5.13 Å². The van der Waals surface area contributed by atoms with Crippen molar-refractivity contribution in [3.63, 3.8) is 0 Å². The van der Waals surface area contributed by atoms with Crippen molar-refractivity contribution in [3.8, 4) is 0 Å². The number of nitrogens with zero attached hydrogens (tertiary/aromatic N) is 2. The minimum absolute atomic E-state index is 0.299. The van der Waals surface area contributed by atoms with Gasteiger partial charge in [0.1, 0.15) is 0 Å². The van der Waals surface area contributed by atoms with Crippen LogP contribution in [0.4, 0.5) is 16.5 Å². The van der Waals surface area contributed by atoms with Gasteiger partial charge < -0.3 is 15.5 Å². The van der Waals surface area contributed by atoms with Gasteiger partial charge in [-0.1, -0.05) is 6.92 Å². The Morgan fingerprint density at radius 3 is 2.61 bits per heavy atom. The fraction of sp³-hybridized carbons (Fsp3) is 0.500. The van der Waals surface area contributed by atoms with Crippen molar-refractivity contribution in [1.29, 1.82) is 0 Å². The molecule has 0 aliphatic carbocycles. The van der Waals surface area contributed by atoms with Crippen LogP contribution in [-0.2, 0) is 0 Å². The standard InChI is InChI=1S/C18H26N4S/c1-3-19-14(2)17-13-23-18(21-17)20-15-7-9-16(10-8-15)22-11-5-4-6-12-22/h7-10,13-14,19H,3-6,11-12H2,1-2H3,(H,20,21). The minimum atomic E-state index is 0.299. The van der Waals surface area contributed by atoms with E-state index in [-0.39, 0.29) is 0 Å². The lowest BCUT2D eigenvalue weighted by Crippen LogP contribution is -2.29. The molecule has 124 valence electrons. The van der Waals surface area contributed by atoms with Crippen LogP contribution >= 0.6 is 11.3 Å². The molecule has 1 atom stereocenters. The molecule has 23 heavy (non-hydrogen) atoms. The number of benzene rings is 1. The van der Waals surface area contributed by atoms with Crippen molar-refractivity contribution < 1.29 is 0 Å². The lowest BCUT2D eigenvalue weighted by molar-refractivity contribution is 0.578. The number of rotatable bonds is 6. The second-order valence-corrected chi connectivity index (χ2v) is 6.93. The van der Waals surface area contributed by atoms with Gasteiger partial charge in [0.25, 0.3) is 0 Å². The summed E-state index contributed by atoms with van der Waals surface area (Å²) in [5, 5.41) is 9.88. The molecule has 1 aliphatic rings. The van der Waals surface area contributed by atoms with Gasteiger partial charge in [-0.2, -0.15) is 0 Å². The SMILES string of the molecule is CCNC(C)c1csc(Nc2ccc(N3CCCCC3)cc2)n1. The predicted molar refractivity (Wildman–Crippen MR) is 100.0 cm³/mol.